The molecule has 0 saturated carbocycles. The van der Waals surface area contributed by atoms with Gasteiger partial charge in [-0.15, -0.1) is 48.6 Å². The Balaban J connectivity index is 0.00000225. The number of rotatable bonds is 5. The van der Waals surface area contributed by atoms with Gasteiger partial charge in [0.15, 0.2) is 0 Å². The van der Waals surface area contributed by atoms with Crippen LogP contribution < -0.4 is 5.73 Å². The van der Waals surface area contributed by atoms with Crippen LogP contribution in [0.3, 0.4) is 0 Å². The fourth-order valence-electron chi connectivity index (χ4n) is 3.03. The number of nitrogens with two attached hydrogens (primary N) is 1. The molecule has 9 heteroatoms. The summed E-state index contributed by atoms with van der Waals surface area (Å²) in [6.45, 7) is 6.12. The molecule has 5 nitrogen and oxygen atoms in total. The molecule has 2 aromatic rings. The first-order valence-corrected chi connectivity index (χ1v) is 9.21. The Labute approximate surface area is 183 Å². The second-order valence-corrected chi connectivity index (χ2v) is 7.32. The highest BCUT2D eigenvalue weighted by atomic mass is 35.5. The highest BCUT2D eigenvalue weighted by Crippen LogP contribution is 2.13. The smallest absolute Gasteiger partial charge is 0.239 e. The largest absolute Gasteiger partial charge is 0.339 e. The number of nitrogens with zero attached hydrogens (tertiary/aromatic N) is 3. The van der Waals surface area contributed by atoms with E-state index in [4.69, 9.17) is 5.73 Å². The molecular formula is C18H27Cl3N4OS. The van der Waals surface area contributed by atoms with Gasteiger partial charge < -0.3 is 10.6 Å². The number of thiazole rings is 1. The molecule has 152 valence electrons. The molecular weight excluding hydrogens is 427 g/mol. The van der Waals surface area contributed by atoms with Gasteiger partial charge in [0.2, 0.25) is 5.91 Å². The molecule has 0 bridgehead atoms. The number of amides is 1. The molecule has 0 spiro atoms. The van der Waals surface area contributed by atoms with Gasteiger partial charge in [0.25, 0.3) is 0 Å². The summed E-state index contributed by atoms with van der Waals surface area (Å²) in [5.74, 6) is 0.0583. The van der Waals surface area contributed by atoms with Gasteiger partial charge in [-0.25, -0.2) is 4.98 Å². The minimum atomic E-state index is -0.458. The second-order valence-electron chi connectivity index (χ2n) is 6.26. The predicted molar refractivity (Wildman–Crippen MR) is 119 cm³/mol. The van der Waals surface area contributed by atoms with E-state index in [1.165, 1.54) is 0 Å². The molecule has 1 atom stereocenters. The number of aromatic nitrogens is 1. The molecule has 1 aromatic heterocycles. The van der Waals surface area contributed by atoms with E-state index in [2.05, 4.69) is 15.3 Å². The van der Waals surface area contributed by atoms with Crippen molar-refractivity contribution in [1.29, 1.82) is 0 Å². The maximum absolute atomic E-state index is 12.5. The van der Waals surface area contributed by atoms with Crippen LogP contribution in [-0.4, -0.2) is 52.9 Å². The van der Waals surface area contributed by atoms with Gasteiger partial charge in [0.1, 0.15) is 0 Å². The van der Waals surface area contributed by atoms with Crippen LogP contribution in [-0.2, 0) is 17.8 Å². The average Bonchev–Trinajstić information content (AvgIpc) is 3.00. The summed E-state index contributed by atoms with van der Waals surface area (Å²) < 4.78 is 0. The van der Waals surface area contributed by atoms with E-state index in [1.54, 1.807) is 11.3 Å². The zero-order valence-corrected chi connectivity index (χ0v) is 18.5. The quantitative estimate of drug-likeness (QED) is 0.756. The number of halogens is 3. The Hall–Kier alpha value is -0.890. The molecule has 1 saturated heterocycles. The van der Waals surface area contributed by atoms with Crippen molar-refractivity contribution < 1.29 is 4.79 Å². The molecule has 1 aliphatic heterocycles. The molecule has 27 heavy (non-hydrogen) atoms. The van der Waals surface area contributed by atoms with Crippen molar-refractivity contribution in [2.75, 3.05) is 26.2 Å². The number of carbonyl (C=O) groups is 1. The Morgan fingerprint density at radius 3 is 2.33 bits per heavy atom. The summed E-state index contributed by atoms with van der Waals surface area (Å²) in [4.78, 5) is 21.3. The number of hydrogen-bond donors (Lipinski definition) is 1. The summed E-state index contributed by atoms with van der Waals surface area (Å²) in [5, 5.41) is 3.22. The van der Waals surface area contributed by atoms with Crippen LogP contribution in [0.4, 0.5) is 0 Å². The summed E-state index contributed by atoms with van der Waals surface area (Å²) in [6, 6.07) is 9.50. The minimum absolute atomic E-state index is 0. The van der Waals surface area contributed by atoms with Gasteiger partial charge in [-0.2, -0.15) is 0 Å². The van der Waals surface area contributed by atoms with E-state index in [-0.39, 0.29) is 43.1 Å². The van der Waals surface area contributed by atoms with Crippen molar-refractivity contribution in [3.05, 3.63) is 52.0 Å². The zero-order valence-electron chi connectivity index (χ0n) is 15.2. The molecule has 3 rings (SSSR count). The van der Waals surface area contributed by atoms with E-state index >= 15 is 0 Å². The molecule has 1 aliphatic rings. The van der Waals surface area contributed by atoms with Crippen LogP contribution in [0.2, 0.25) is 0 Å². The fraction of sp³-hybridized carbons (Fsp3) is 0.444. The lowest BCUT2D eigenvalue weighted by Gasteiger charge is -2.35. The molecule has 0 aliphatic carbocycles. The van der Waals surface area contributed by atoms with Gasteiger partial charge >= 0.3 is 0 Å². The van der Waals surface area contributed by atoms with E-state index in [0.29, 0.717) is 6.42 Å². The number of aryl methyl sites for hydroxylation is 1. The average molecular weight is 454 g/mol. The van der Waals surface area contributed by atoms with Crippen molar-refractivity contribution in [3.63, 3.8) is 0 Å². The maximum atomic E-state index is 12.5. The van der Waals surface area contributed by atoms with Gasteiger partial charge in [0, 0.05) is 38.1 Å². The van der Waals surface area contributed by atoms with E-state index in [9.17, 15) is 4.79 Å². The molecule has 2 N–H and O–H groups in total. The van der Waals surface area contributed by atoms with Crippen LogP contribution in [0.15, 0.2) is 35.7 Å². The van der Waals surface area contributed by atoms with E-state index < -0.39 is 6.04 Å². The number of hydrogen-bond acceptors (Lipinski definition) is 5. The van der Waals surface area contributed by atoms with Crippen molar-refractivity contribution in [1.82, 2.24) is 14.8 Å². The number of piperazine rings is 1. The van der Waals surface area contributed by atoms with Crippen molar-refractivity contribution >= 4 is 54.5 Å². The molecule has 1 aromatic carbocycles. The van der Waals surface area contributed by atoms with Crippen molar-refractivity contribution in [2.45, 2.75) is 25.9 Å². The molecule has 1 amide bonds. The monoisotopic (exact) mass is 452 g/mol. The summed E-state index contributed by atoms with van der Waals surface area (Å²) in [6.07, 6.45) is 0.595. The number of carbonyl (C=O) groups excluding carboxylic acids is 1. The van der Waals surface area contributed by atoms with Gasteiger partial charge in [-0.3, -0.25) is 9.69 Å². The highest BCUT2D eigenvalue weighted by molar-refractivity contribution is 7.09. The Bertz CT molecular complexity index is 678. The van der Waals surface area contributed by atoms with Crippen LogP contribution in [0, 0.1) is 6.92 Å². The first kappa shape index (κ1) is 26.1. The highest BCUT2D eigenvalue weighted by Gasteiger charge is 2.25. The second kappa shape index (κ2) is 12.5. The maximum Gasteiger partial charge on any atom is 0.239 e. The molecule has 1 fully saturated rings. The molecule has 0 unspecified atom stereocenters. The summed E-state index contributed by atoms with van der Waals surface area (Å²) >= 11 is 1.68. The standard InChI is InChI=1S/C18H24N4OS.3ClH/c1-14-20-16(13-24-14)12-21-7-9-22(10-8-21)18(23)17(19)11-15-5-3-2-4-6-15;;;/h2-6,13,17H,7-12,19H2,1H3;3*1H/t17-;;;/m0.../s1. The Morgan fingerprint density at radius 1 is 1.15 bits per heavy atom. The number of benzene rings is 1. The lowest BCUT2D eigenvalue weighted by molar-refractivity contribution is -0.134. The summed E-state index contributed by atoms with van der Waals surface area (Å²) in [5.41, 5.74) is 8.36. The Kier molecular flexibility index (Phi) is 12.1. The molecule has 2 heterocycles. The van der Waals surface area contributed by atoms with Crippen LogP contribution >= 0.6 is 48.6 Å². The van der Waals surface area contributed by atoms with Gasteiger partial charge in [-0.05, 0) is 18.9 Å². The normalized spacial score (nSPS) is 15.1. The van der Waals surface area contributed by atoms with Crippen molar-refractivity contribution in [3.8, 4) is 0 Å². The lowest BCUT2D eigenvalue weighted by atomic mass is 10.1. The third-order valence-corrected chi connectivity index (χ3v) is 5.17. The summed E-state index contributed by atoms with van der Waals surface area (Å²) in [7, 11) is 0. The minimum Gasteiger partial charge on any atom is -0.339 e. The fourth-order valence-corrected chi connectivity index (χ4v) is 3.63. The third-order valence-electron chi connectivity index (χ3n) is 4.35. The molecule has 0 radical (unpaired) electrons. The Morgan fingerprint density at radius 2 is 1.78 bits per heavy atom. The first-order valence-electron chi connectivity index (χ1n) is 8.33. The first-order chi connectivity index (χ1) is 11.6. The lowest BCUT2D eigenvalue weighted by Crippen LogP contribution is -2.53. The van der Waals surface area contributed by atoms with Crippen LogP contribution in [0.5, 0.6) is 0 Å². The topological polar surface area (TPSA) is 62.5 Å². The van der Waals surface area contributed by atoms with E-state index in [1.807, 2.05) is 42.2 Å². The SMILES string of the molecule is Cc1nc(CN2CCN(C(=O)[C@@H](N)Cc3ccccc3)CC2)cs1.Cl.Cl.Cl. The third kappa shape index (κ3) is 7.56. The predicted octanol–water partition coefficient (Wildman–Crippen LogP) is 2.93. The van der Waals surface area contributed by atoms with Gasteiger partial charge in [-0.1, -0.05) is 30.3 Å². The van der Waals surface area contributed by atoms with Gasteiger partial charge in [0.05, 0.1) is 16.7 Å². The van der Waals surface area contributed by atoms with Crippen LogP contribution in [0.1, 0.15) is 16.3 Å². The van der Waals surface area contributed by atoms with Crippen LogP contribution in [0.25, 0.3) is 0 Å². The van der Waals surface area contributed by atoms with Crippen molar-refractivity contribution in [2.24, 2.45) is 5.73 Å². The zero-order chi connectivity index (χ0) is 16.9. The van der Waals surface area contributed by atoms with E-state index in [0.717, 1.165) is 49.0 Å².